The Morgan fingerprint density at radius 3 is 2.11 bits per heavy atom. The minimum atomic E-state index is -0.930. The van der Waals surface area contributed by atoms with Crippen molar-refractivity contribution in [2.45, 2.75) is 45.2 Å². The molecule has 0 spiro atoms. The molecule has 1 aromatic rings. The van der Waals surface area contributed by atoms with Crippen LogP contribution in [0.25, 0.3) is 0 Å². The van der Waals surface area contributed by atoms with Gasteiger partial charge in [0, 0.05) is 26.3 Å². The third-order valence-corrected chi connectivity index (χ3v) is 4.36. The van der Waals surface area contributed by atoms with E-state index in [0.29, 0.717) is 5.56 Å². The maximum atomic E-state index is 12.9. The van der Waals surface area contributed by atoms with Crippen LogP contribution in [0.3, 0.4) is 0 Å². The van der Waals surface area contributed by atoms with Crippen molar-refractivity contribution in [1.29, 1.82) is 0 Å². The maximum Gasteiger partial charge on any atom is 0.245 e. The molecule has 2 atom stereocenters. The number of hydrogen-bond donors (Lipinski definition) is 4. The summed E-state index contributed by atoms with van der Waals surface area (Å²) >= 11 is 0. The largest absolute Gasteiger partial charge is 0.508 e. The molecule has 0 heterocycles. The van der Waals surface area contributed by atoms with Gasteiger partial charge in [0.2, 0.25) is 23.6 Å². The monoisotopic (exact) mass is 392 g/mol. The molecule has 9 heteroatoms. The van der Waals surface area contributed by atoms with Crippen LogP contribution in [0.2, 0.25) is 0 Å². The van der Waals surface area contributed by atoms with Gasteiger partial charge in [0.15, 0.2) is 0 Å². The van der Waals surface area contributed by atoms with Gasteiger partial charge in [-0.3, -0.25) is 19.2 Å². The molecule has 0 radical (unpaired) electrons. The van der Waals surface area contributed by atoms with Gasteiger partial charge in [0.05, 0.1) is 0 Å². The molecular weight excluding hydrogens is 364 g/mol. The summed E-state index contributed by atoms with van der Waals surface area (Å²) < 4.78 is 0. The number of primary amides is 2. The van der Waals surface area contributed by atoms with Crippen molar-refractivity contribution in [2.75, 3.05) is 7.05 Å². The van der Waals surface area contributed by atoms with Crippen LogP contribution in [0.15, 0.2) is 24.3 Å². The van der Waals surface area contributed by atoms with Crippen molar-refractivity contribution >= 4 is 23.6 Å². The van der Waals surface area contributed by atoms with Gasteiger partial charge in [-0.1, -0.05) is 26.0 Å². The van der Waals surface area contributed by atoms with E-state index < -0.39 is 35.7 Å². The zero-order valence-electron chi connectivity index (χ0n) is 16.3. The lowest BCUT2D eigenvalue weighted by Gasteiger charge is -2.31. The highest BCUT2D eigenvalue weighted by Crippen LogP contribution is 2.15. The molecule has 9 nitrogen and oxygen atoms in total. The molecule has 0 saturated heterocycles. The highest BCUT2D eigenvalue weighted by atomic mass is 16.3. The maximum absolute atomic E-state index is 12.9. The molecule has 1 unspecified atom stereocenters. The number of amides is 4. The summed E-state index contributed by atoms with van der Waals surface area (Å²) in [5, 5.41) is 12.0. The molecule has 0 aliphatic heterocycles. The Morgan fingerprint density at radius 2 is 1.64 bits per heavy atom. The summed E-state index contributed by atoms with van der Waals surface area (Å²) in [6, 6.07) is 4.41. The fourth-order valence-electron chi connectivity index (χ4n) is 2.65. The van der Waals surface area contributed by atoms with Gasteiger partial charge in [-0.25, -0.2) is 0 Å². The molecule has 4 amide bonds. The lowest BCUT2D eigenvalue weighted by Crippen LogP contribution is -2.55. The molecular formula is C19H28N4O5. The Balaban J connectivity index is 2.91. The number of carbonyl (C=O) groups is 4. The average Bonchev–Trinajstić information content (AvgIpc) is 2.62. The first-order chi connectivity index (χ1) is 13.0. The van der Waals surface area contributed by atoms with E-state index in [2.05, 4.69) is 5.32 Å². The molecule has 0 fully saturated rings. The average molecular weight is 392 g/mol. The zero-order valence-corrected chi connectivity index (χ0v) is 16.3. The van der Waals surface area contributed by atoms with E-state index in [1.165, 1.54) is 24.1 Å². The number of nitrogens with two attached hydrogens (primary N) is 2. The van der Waals surface area contributed by atoms with Crippen molar-refractivity contribution in [2.24, 2.45) is 17.4 Å². The van der Waals surface area contributed by atoms with Crippen LogP contribution >= 0.6 is 0 Å². The van der Waals surface area contributed by atoms with Crippen LogP contribution in [0.1, 0.15) is 32.3 Å². The lowest BCUT2D eigenvalue weighted by atomic mass is 9.99. The third kappa shape index (κ3) is 6.90. The standard InChI is InChI=1S/C19H28N4O5/c1-11(2)17(22-16(26)9-8-15(20)25)19(28)23(3)14(18(21)27)10-12-4-6-13(24)7-5-12/h4-7,11,14,17,24H,8-10H2,1-3H3,(H2,20,25)(H2,21,27)(H,22,26)/t14?,17-/m1/s1. The predicted molar refractivity (Wildman–Crippen MR) is 103 cm³/mol. The fourth-order valence-corrected chi connectivity index (χ4v) is 2.65. The third-order valence-electron chi connectivity index (χ3n) is 4.36. The zero-order chi connectivity index (χ0) is 21.4. The first kappa shape index (κ1) is 22.9. The van der Waals surface area contributed by atoms with Gasteiger partial charge < -0.3 is 26.8 Å². The van der Waals surface area contributed by atoms with E-state index in [0.717, 1.165) is 0 Å². The van der Waals surface area contributed by atoms with E-state index in [1.54, 1.807) is 26.0 Å². The number of phenols is 1. The highest BCUT2D eigenvalue weighted by molar-refractivity contribution is 5.92. The summed E-state index contributed by atoms with van der Waals surface area (Å²) in [5.74, 6) is -2.41. The second-order valence-corrected chi connectivity index (χ2v) is 6.99. The van der Waals surface area contributed by atoms with Crippen LogP contribution in [-0.2, 0) is 25.6 Å². The van der Waals surface area contributed by atoms with Crippen molar-refractivity contribution in [1.82, 2.24) is 10.2 Å². The number of carbonyl (C=O) groups excluding carboxylic acids is 4. The van der Waals surface area contributed by atoms with E-state index in [1.807, 2.05) is 0 Å². The number of benzene rings is 1. The highest BCUT2D eigenvalue weighted by Gasteiger charge is 2.32. The Hall–Kier alpha value is -3.10. The SMILES string of the molecule is CC(C)[C@@H](NC(=O)CCC(N)=O)C(=O)N(C)C(Cc1ccc(O)cc1)C(N)=O. The van der Waals surface area contributed by atoms with Gasteiger partial charge in [-0.2, -0.15) is 0 Å². The van der Waals surface area contributed by atoms with Gasteiger partial charge >= 0.3 is 0 Å². The minimum absolute atomic E-state index is 0.0855. The van der Waals surface area contributed by atoms with Crippen LogP contribution in [-0.4, -0.2) is 52.8 Å². The molecule has 1 rings (SSSR count). The summed E-state index contributed by atoms with van der Waals surface area (Å²) in [6.07, 6.45) is -0.0773. The Labute approximate surface area is 164 Å². The molecule has 0 aliphatic rings. The summed E-state index contributed by atoms with van der Waals surface area (Å²) in [4.78, 5) is 48.9. The molecule has 0 bridgehead atoms. The fraction of sp³-hybridized carbons (Fsp3) is 0.474. The van der Waals surface area contributed by atoms with Crippen LogP contribution in [0.4, 0.5) is 0 Å². The number of aromatic hydroxyl groups is 1. The van der Waals surface area contributed by atoms with E-state index in [9.17, 15) is 24.3 Å². The molecule has 1 aromatic carbocycles. The molecule has 0 saturated carbocycles. The first-order valence-electron chi connectivity index (χ1n) is 8.94. The Morgan fingerprint density at radius 1 is 1.07 bits per heavy atom. The smallest absolute Gasteiger partial charge is 0.245 e. The van der Waals surface area contributed by atoms with Crippen LogP contribution in [0.5, 0.6) is 5.75 Å². The van der Waals surface area contributed by atoms with Crippen molar-refractivity contribution in [3.8, 4) is 5.75 Å². The quantitative estimate of drug-likeness (QED) is 0.428. The second-order valence-electron chi connectivity index (χ2n) is 6.99. The molecule has 0 aliphatic carbocycles. The van der Waals surface area contributed by atoms with Gasteiger partial charge in [-0.05, 0) is 23.6 Å². The van der Waals surface area contributed by atoms with Crippen LogP contribution in [0, 0.1) is 5.92 Å². The predicted octanol–water partition coefficient (Wildman–Crippen LogP) is -0.347. The first-order valence-corrected chi connectivity index (χ1v) is 8.94. The van der Waals surface area contributed by atoms with Crippen molar-refractivity contribution in [3.05, 3.63) is 29.8 Å². The topological polar surface area (TPSA) is 156 Å². The number of nitrogens with one attached hydrogen (secondary N) is 1. The Bertz CT molecular complexity index is 718. The second kappa shape index (κ2) is 10.3. The van der Waals surface area contributed by atoms with Gasteiger partial charge in [0.25, 0.3) is 0 Å². The number of rotatable bonds is 10. The van der Waals surface area contributed by atoms with Crippen LogP contribution < -0.4 is 16.8 Å². The molecule has 28 heavy (non-hydrogen) atoms. The normalized spacial score (nSPS) is 12.9. The summed E-state index contributed by atoms with van der Waals surface area (Å²) in [6.45, 7) is 3.51. The summed E-state index contributed by atoms with van der Waals surface area (Å²) in [7, 11) is 1.45. The van der Waals surface area contributed by atoms with Gasteiger partial charge in [-0.15, -0.1) is 0 Å². The van der Waals surface area contributed by atoms with E-state index >= 15 is 0 Å². The molecule has 0 aromatic heterocycles. The number of nitrogens with zero attached hydrogens (tertiary/aromatic N) is 1. The van der Waals surface area contributed by atoms with E-state index in [-0.39, 0.29) is 30.9 Å². The molecule has 6 N–H and O–H groups in total. The number of hydrogen-bond acceptors (Lipinski definition) is 5. The van der Waals surface area contributed by atoms with Gasteiger partial charge in [0.1, 0.15) is 17.8 Å². The molecule has 154 valence electrons. The number of likely N-dealkylation sites (N-methyl/N-ethyl adjacent to an activating group) is 1. The van der Waals surface area contributed by atoms with Crippen molar-refractivity contribution < 1.29 is 24.3 Å². The van der Waals surface area contributed by atoms with Crippen molar-refractivity contribution in [3.63, 3.8) is 0 Å². The lowest BCUT2D eigenvalue weighted by molar-refractivity contribution is -0.142. The van der Waals surface area contributed by atoms with E-state index in [4.69, 9.17) is 11.5 Å². The summed E-state index contributed by atoms with van der Waals surface area (Å²) in [5.41, 5.74) is 11.2. The minimum Gasteiger partial charge on any atom is -0.508 e. The Kier molecular flexibility index (Phi) is 8.43. The number of phenolic OH excluding ortho intramolecular Hbond substituents is 1.